The first-order valence-electron chi connectivity index (χ1n) is 30.1. The third-order valence-electron chi connectivity index (χ3n) is 12.8. The second kappa shape index (κ2) is 59.2. The monoisotopic (exact) mass is 989 g/mol. The molecule has 0 radical (unpaired) electrons. The number of allylic oxidation sites excluding steroid dienone is 14. The van der Waals surface area contributed by atoms with Crippen LogP contribution in [0.3, 0.4) is 0 Å². The molecule has 71 heavy (non-hydrogen) atoms. The van der Waals surface area contributed by atoms with Gasteiger partial charge in [-0.1, -0.05) is 241 Å². The molecule has 0 aromatic carbocycles. The molecule has 1 unspecified atom stereocenters. The molecule has 408 valence electrons. The Morgan fingerprint density at radius 2 is 0.521 bits per heavy atom. The van der Waals surface area contributed by atoms with Crippen molar-refractivity contribution in [1.82, 2.24) is 0 Å². The van der Waals surface area contributed by atoms with Crippen molar-refractivity contribution in [3.05, 3.63) is 85.1 Å². The number of carbonyl (C=O) groups excluding carboxylic acids is 3. The van der Waals surface area contributed by atoms with Crippen LogP contribution in [0.5, 0.6) is 0 Å². The van der Waals surface area contributed by atoms with Crippen LogP contribution in [0.25, 0.3) is 0 Å². The number of unbranched alkanes of at least 4 members (excludes halogenated alkanes) is 29. The summed E-state index contributed by atoms with van der Waals surface area (Å²) in [5.74, 6) is -0.964. The van der Waals surface area contributed by atoms with E-state index in [1.54, 1.807) is 0 Å². The van der Waals surface area contributed by atoms with Crippen LogP contribution in [0.2, 0.25) is 0 Å². The third kappa shape index (κ3) is 57.4. The molecule has 0 heterocycles. The largest absolute Gasteiger partial charge is 0.462 e. The molecule has 0 bridgehead atoms. The van der Waals surface area contributed by atoms with E-state index >= 15 is 0 Å². The van der Waals surface area contributed by atoms with E-state index in [-0.39, 0.29) is 37.5 Å². The Hall–Kier alpha value is -3.41. The van der Waals surface area contributed by atoms with E-state index in [4.69, 9.17) is 14.2 Å². The maximum absolute atomic E-state index is 12.9. The van der Waals surface area contributed by atoms with Gasteiger partial charge in [0.15, 0.2) is 6.10 Å². The fourth-order valence-electron chi connectivity index (χ4n) is 8.28. The lowest BCUT2D eigenvalue weighted by molar-refractivity contribution is -0.167. The van der Waals surface area contributed by atoms with Gasteiger partial charge in [-0.25, -0.2) is 0 Å². The van der Waals surface area contributed by atoms with Crippen molar-refractivity contribution in [3.63, 3.8) is 0 Å². The van der Waals surface area contributed by atoms with E-state index in [9.17, 15) is 14.4 Å². The maximum atomic E-state index is 12.9. The van der Waals surface area contributed by atoms with E-state index in [2.05, 4.69) is 106 Å². The normalized spacial score (nSPS) is 12.7. The van der Waals surface area contributed by atoms with Crippen LogP contribution in [-0.4, -0.2) is 37.2 Å². The molecule has 0 aromatic rings. The van der Waals surface area contributed by atoms with Crippen molar-refractivity contribution in [3.8, 4) is 0 Å². The smallest absolute Gasteiger partial charge is 0.306 e. The predicted molar refractivity (Wildman–Crippen MR) is 307 cm³/mol. The van der Waals surface area contributed by atoms with Crippen molar-refractivity contribution >= 4 is 17.9 Å². The standard InChI is InChI=1S/C65H112O6/c1-4-7-10-13-16-19-22-25-28-31-32-35-37-40-43-46-49-52-55-58-64(67)70-61-62(71-65(68)59-56-53-50-47-44-41-38-34-30-27-24-21-18-15-12-9-6-3)60-69-63(66)57-54-51-48-45-42-39-36-33-29-26-23-20-17-14-11-8-5-2/h17-18,20-21,26-27,29-32,38,41,47,50,62H,4-16,19,22-25,28,33-37,39-40,42-46,48-49,51-61H2,1-3H3/b20-17-,21-18-,29-26-,30-27-,32-31-,41-38-,50-47-. The zero-order valence-electron chi connectivity index (χ0n) is 46.7. The van der Waals surface area contributed by atoms with Gasteiger partial charge in [0, 0.05) is 19.3 Å². The Bertz CT molecular complexity index is 1370. The summed E-state index contributed by atoms with van der Waals surface area (Å²) >= 11 is 0. The van der Waals surface area contributed by atoms with Gasteiger partial charge < -0.3 is 14.2 Å². The van der Waals surface area contributed by atoms with Crippen molar-refractivity contribution < 1.29 is 28.6 Å². The number of hydrogen-bond acceptors (Lipinski definition) is 6. The Balaban J connectivity index is 4.47. The van der Waals surface area contributed by atoms with Crippen LogP contribution in [0.4, 0.5) is 0 Å². The molecule has 6 nitrogen and oxygen atoms in total. The summed E-state index contributed by atoms with van der Waals surface area (Å²) in [7, 11) is 0. The van der Waals surface area contributed by atoms with E-state index in [0.29, 0.717) is 19.3 Å². The average Bonchev–Trinajstić information content (AvgIpc) is 3.37. The molecule has 0 aromatic heterocycles. The van der Waals surface area contributed by atoms with Gasteiger partial charge in [0.25, 0.3) is 0 Å². The fourth-order valence-corrected chi connectivity index (χ4v) is 8.28. The van der Waals surface area contributed by atoms with Gasteiger partial charge in [-0.2, -0.15) is 0 Å². The lowest BCUT2D eigenvalue weighted by Gasteiger charge is -2.18. The van der Waals surface area contributed by atoms with Crippen LogP contribution in [0.1, 0.15) is 290 Å². The van der Waals surface area contributed by atoms with E-state index in [0.717, 1.165) is 77.0 Å². The molecule has 0 saturated carbocycles. The minimum atomic E-state index is -0.811. The van der Waals surface area contributed by atoms with E-state index in [1.165, 1.54) is 167 Å². The Morgan fingerprint density at radius 1 is 0.282 bits per heavy atom. The highest BCUT2D eigenvalue weighted by Crippen LogP contribution is 2.15. The predicted octanol–water partition coefficient (Wildman–Crippen LogP) is 20.3. The van der Waals surface area contributed by atoms with Crippen LogP contribution in [-0.2, 0) is 28.6 Å². The van der Waals surface area contributed by atoms with Gasteiger partial charge in [-0.3, -0.25) is 14.4 Å². The Labute approximate surface area is 439 Å². The summed E-state index contributed by atoms with van der Waals surface area (Å²) in [5.41, 5.74) is 0. The molecule has 0 rings (SSSR count). The molecule has 0 saturated heterocycles. The first-order valence-corrected chi connectivity index (χ1v) is 30.1. The van der Waals surface area contributed by atoms with Crippen molar-refractivity contribution in [2.45, 2.75) is 297 Å². The van der Waals surface area contributed by atoms with Crippen LogP contribution >= 0.6 is 0 Å². The molecule has 0 aliphatic carbocycles. The molecule has 6 heteroatoms. The molecular weight excluding hydrogens is 877 g/mol. The van der Waals surface area contributed by atoms with Gasteiger partial charge in [-0.05, 0) is 116 Å². The first kappa shape index (κ1) is 67.6. The van der Waals surface area contributed by atoms with Gasteiger partial charge in [0.1, 0.15) is 13.2 Å². The summed E-state index contributed by atoms with van der Waals surface area (Å²) in [6.07, 6.45) is 77.2. The lowest BCUT2D eigenvalue weighted by Crippen LogP contribution is -2.30. The molecule has 0 spiro atoms. The number of carbonyl (C=O) groups is 3. The summed E-state index contributed by atoms with van der Waals surface area (Å²) in [5, 5.41) is 0. The summed E-state index contributed by atoms with van der Waals surface area (Å²) in [6.45, 7) is 6.55. The zero-order chi connectivity index (χ0) is 51.4. The number of hydrogen-bond donors (Lipinski definition) is 0. The number of esters is 3. The molecule has 0 aliphatic rings. The summed E-state index contributed by atoms with van der Waals surface area (Å²) in [6, 6.07) is 0. The molecule has 0 fully saturated rings. The molecule has 0 aliphatic heterocycles. The molecule has 1 atom stereocenters. The quantitative estimate of drug-likeness (QED) is 0.0261. The SMILES string of the molecule is CCCCC/C=C\C/C=C\C/C=C\C/C=C\CCCC(=O)OC(COC(=O)CCCCCCCCC/C=C\C/C=C\CCCCC)COC(=O)CCCCCCCCC/C=C\CCCCCCCCCC. The van der Waals surface area contributed by atoms with Gasteiger partial charge in [-0.15, -0.1) is 0 Å². The third-order valence-corrected chi connectivity index (χ3v) is 12.8. The van der Waals surface area contributed by atoms with Crippen LogP contribution in [0, 0.1) is 0 Å². The summed E-state index contributed by atoms with van der Waals surface area (Å²) < 4.78 is 16.8. The van der Waals surface area contributed by atoms with Crippen LogP contribution < -0.4 is 0 Å². The van der Waals surface area contributed by atoms with Gasteiger partial charge >= 0.3 is 17.9 Å². The van der Waals surface area contributed by atoms with E-state index < -0.39 is 6.10 Å². The van der Waals surface area contributed by atoms with Gasteiger partial charge in [0.2, 0.25) is 0 Å². The van der Waals surface area contributed by atoms with Crippen molar-refractivity contribution in [2.24, 2.45) is 0 Å². The Morgan fingerprint density at radius 3 is 0.873 bits per heavy atom. The highest BCUT2D eigenvalue weighted by molar-refractivity contribution is 5.71. The molecular formula is C65H112O6. The van der Waals surface area contributed by atoms with Crippen molar-refractivity contribution in [2.75, 3.05) is 13.2 Å². The molecule has 0 N–H and O–H groups in total. The minimum absolute atomic E-state index is 0.103. The highest BCUT2D eigenvalue weighted by Gasteiger charge is 2.19. The second-order valence-corrected chi connectivity index (χ2v) is 19.9. The second-order valence-electron chi connectivity index (χ2n) is 19.9. The van der Waals surface area contributed by atoms with Crippen LogP contribution in [0.15, 0.2) is 85.1 Å². The van der Waals surface area contributed by atoms with Crippen molar-refractivity contribution in [1.29, 1.82) is 0 Å². The number of ether oxygens (including phenoxy) is 3. The fraction of sp³-hybridized carbons (Fsp3) is 0.738. The van der Waals surface area contributed by atoms with E-state index in [1.807, 2.05) is 0 Å². The number of rotatable bonds is 54. The Kier molecular flexibility index (Phi) is 56.3. The summed E-state index contributed by atoms with van der Waals surface area (Å²) in [4.78, 5) is 38.2. The molecule has 0 amide bonds. The minimum Gasteiger partial charge on any atom is -0.462 e. The lowest BCUT2D eigenvalue weighted by atomic mass is 10.1. The topological polar surface area (TPSA) is 78.9 Å². The average molecular weight is 990 g/mol. The zero-order valence-corrected chi connectivity index (χ0v) is 46.7. The van der Waals surface area contributed by atoms with Gasteiger partial charge in [0.05, 0.1) is 0 Å². The maximum Gasteiger partial charge on any atom is 0.306 e. The first-order chi connectivity index (χ1) is 35.0. The highest BCUT2D eigenvalue weighted by atomic mass is 16.6.